The van der Waals surface area contributed by atoms with Gasteiger partial charge in [-0.3, -0.25) is 9.20 Å². The van der Waals surface area contributed by atoms with E-state index in [-0.39, 0.29) is 35.9 Å². The molecule has 0 amide bonds. The first-order valence-electron chi connectivity index (χ1n) is 14.2. The van der Waals surface area contributed by atoms with Crippen LogP contribution in [0.1, 0.15) is 65.2 Å². The van der Waals surface area contributed by atoms with E-state index in [1.165, 1.54) is 14.9 Å². The molecule has 1 atom stereocenters. The third kappa shape index (κ3) is 5.75. The molecule has 11 nitrogen and oxygen atoms in total. The average molecular weight is 646 g/mol. The van der Waals surface area contributed by atoms with Crippen LogP contribution in [-0.2, 0) is 26.1 Å². The SMILES string of the molecule is Cc1ccc(C(CC(=O)O)c2ccn3c(C(F)F)nnc3c2C)cc1CN1CC2(CCOCC2)Oc2ncc(F)cc2S1(=O)=O. The molecule has 45 heavy (non-hydrogen) atoms. The van der Waals surface area contributed by atoms with E-state index < -0.39 is 45.6 Å². The second kappa shape index (κ2) is 11.7. The summed E-state index contributed by atoms with van der Waals surface area (Å²) < 4.78 is 83.3. The van der Waals surface area contributed by atoms with Crippen molar-refractivity contribution in [3.05, 3.63) is 82.2 Å². The Bertz CT molecular complexity index is 1890. The van der Waals surface area contributed by atoms with E-state index in [0.29, 0.717) is 48.3 Å². The van der Waals surface area contributed by atoms with Crippen LogP contribution in [0.3, 0.4) is 0 Å². The number of benzene rings is 1. The predicted octanol–water partition coefficient (Wildman–Crippen LogP) is 4.56. The number of aromatic nitrogens is 4. The maximum absolute atomic E-state index is 14.3. The van der Waals surface area contributed by atoms with Crippen LogP contribution >= 0.6 is 0 Å². The van der Waals surface area contributed by atoms with Crippen LogP contribution in [0.15, 0.2) is 47.6 Å². The molecule has 2 aliphatic rings. The molecule has 3 aromatic heterocycles. The molecule has 1 unspecified atom stereocenters. The van der Waals surface area contributed by atoms with Gasteiger partial charge in [0.25, 0.3) is 6.43 Å². The second-order valence-corrected chi connectivity index (χ2v) is 13.3. The summed E-state index contributed by atoms with van der Waals surface area (Å²) in [7, 11) is -4.28. The summed E-state index contributed by atoms with van der Waals surface area (Å²) in [5.41, 5.74) is 2.21. The molecule has 0 bridgehead atoms. The molecule has 0 saturated carbocycles. The molecule has 0 radical (unpaired) electrons. The quantitative estimate of drug-likeness (QED) is 0.307. The summed E-state index contributed by atoms with van der Waals surface area (Å²) in [4.78, 5) is 15.7. The van der Waals surface area contributed by atoms with Gasteiger partial charge in [-0.25, -0.2) is 26.6 Å². The number of aliphatic carboxylic acids is 1. The summed E-state index contributed by atoms with van der Waals surface area (Å²) in [5.74, 6) is -3.31. The minimum Gasteiger partial charge on any atom is -0.481 e. The number of halogens is 3. The average Bonchev–Trinajstić information content (AvgIpc) is 3.41. The number of hydrogen-bond acceptors (Lipinski definition) is 8. The normalized spacial score (nSPS) is 18.4. The van der Waals surface area contributed by atoms with Crippen molar-refractivity contribution in [1.82, 2.24) is 23.9 Å². The summed E-state index contributed by atoms with van der Waals surface area (Å²) in [5, 5.41) is 17.4. The third-order valence-electron chi connectivity index (χ3n) is 8.55. The first kappa shape index (κ1) is 30.9. The zero-order valence-electron chi connectivity index (χ0n) is 24.4. The van der Waals surface area contributed by atoms with E-state index in [2.05, 4.69) is 15.2 Å². The van der Waals surface area contributed by atoms with Crippen LogP contribution in [0.5, 0.6) is 5.88 Å². The zero-order chi connectivity index (χ0) is 32.1. The van der Waals surface area contributed by atoms with E-state index in [1.54, 1.807) is 31.2 Å². The van der Waals surface area contributed by atoms with Crippen molar-refractivity contribution >= 4 is 21.6 Å². The highest BCUT2D eigenvalue weighted by Crippen LogP contribution is 2.39. The van der Waals surface area contributed by atoms with Crippen molar-refractivity contribution < 1.29 is 41.0 Å². The number of carboxylic acids is 1. The van der Waals surface area contributed by atoms with Crippen molar-refractivity contribution in [2.24, 2.45) is 0 Å². The molecule has 1 fully saturated rings. The van der Waals surface area contributed by atoms with Gasteiger partial charge < -0.3 is 14.6 Å². The summed E-state index contributed by atoms with van der Waals surface area (Å²) >= 11 is 0. The lowest BCUT2D eigenvalue weighted by Crippen LogP contribution is -2.50. The first-order valence-corrected chi connectivity index (χ1v) is 15.7. The van der Waals surface area contributed by atoms with E-state index >= 15 is 0 Å². The molecule has 5 heterocycles. The molecule has 4 aromatic rings. The molecule has 6 rings (SSSR count). The molecule has 1 saturated heterocycles. The Kier molecular flexibility index (Phi) is 8.03. The Labute approximate surface area is 256 Å². The van der Waals surface area contributed by atoms with Crippen LogP contribution in [-0.4, -0.2) is 68.7 Å². The van der Waals surface area contributed by atoms with Gasteiger partial charge in [0.2, 0.25) is 21.7 Å². The van der Waals surface area contributed by atoms with Crippen LogP contribution < -0.4 is 4.74 Å². The highest BCUT2D eigenvalue weighted by Gasteiger charge is 2.45. The Morgan fingerprint density at radius 3 is 2.60 bits per heavy atom. The number of alkyl halides is 2. The van der Waals surface area contributed by atoms with Gasteiger partial charge in [-0.1, -0.05) is 18.2 Å². The number of aryl methyl sites for hydroxylation is 2. The maximum Gasteiger partial charge on any atom is 0.304 e. The van der Waals surface area contributed by atoms with Crippen molar-refractivity contribution in [3.8, 4) is 5.88 Å². The van der Waals surface area contributed by atoms with Gasteiger partial charge in [0, 0.05) is 37.6 Å². The van der Waals surface area contributed by atoms with Crippen molar-refractivity contribution in [2.75, 3.05) is 19.8 Å². The van der Waals surface area contributed by atoms with Crippen LogP contribution in [0.25, 0.3) is 5.65 Å². The Balaban J connectivity index is 1.42. The number of fused-ring (bicyclic) bond motifs is 2. The molecule has 1 spiro atoms. The number of pyridine rings is 2. The number of rotatable bonds is 7. The topological polar surface area (TPSA) is 136 Å². The summed E-state index contributed by atoms with van der Waals surface area (Å²) in [6.07, 6.45) is -0.0679. The Morgan fingerprint density at radius 1 is 1.13 bits per heavy atom. The minimum atomic E-state index is -4.28. The fraction of sp³-hybridized carbons (Fsp3) is 0.400. The van der Waals surface area contributed by atoms with Crippen LogP contribution in [0.4, 0.5) is 13.2 Å². The number of hydrogen-bond donors (Lipinski definition) is 1. The molecular formula is C30H30F3N5O6S. The summed E-state index contributed by atoms with van der Waals surface area (Å²) in [6.45, 7) is 4.04. The van der Waals surface area contributed by atoms with Gasteiger partial charge in [-0.05, 0) is 47.7 Å². The number of carboxylic acid groups (broad SMARTS) is 1. The largest absolute Gasteiger partial charge is 0.481 e. The van der Waals surface area contributed by atoms with Crippen LogP contribution in [0.2, 0.25) is 0 Å². The lowest BCUT2D eigenvalue weighted by Gasteiger charge is -2.38. The molecule has 0 aliphatic carbocycles. The van der Waals surface area contributed by atoms with Crippen molar-refractivity contribution in [3.63, 3.8) is 0 Å². The molecule has 15 heteroatoms. The van der Waals surface area contributed by atoms with Crippen LogP contribution in [0, 0.1) is 19.7 Å². The molecule has 1 N–H and O–H groups in total. The fourth-order valence-corrected chi connectivity index (χ4v) is 7.66. The van der Waals surface area contributed by atoms with Gasteiger partial charge in [0.15, 0.2) is 5.65 Å². The minimum absolute atomic E-state index is 0.0337. The van der Waals surface area contributed by atoms with Gasteiger partial charge in [-0.2, -0.15) is 4.31 Å². The Hall–Kier alpha value is -4.08. The van der Waals surface area contributed by atoms with E-state index in [1.807, 2.05) is 6.92 Å². The molecule has 1 aromatic carbocycles. The number of ether oxygens (including phenoxy) is 2. The number of carbonyl (C=O) groups is 1. The maximum atomic E-state index is 14.3. The van der Waals surface area contributed by atoms with E-state index in [4.69, 9.17) is 9.47 Å². The highest BCUT2D eigenvalue weighted by molar-refractivity contribution is 7.89. The van der Waals surface area contributed by atoms with Gasteiger partial charge >= 0.3 is 5.97 Å². The Morgan fingerprint density at radius 2 is 1.89 bits per heavy atom. The fourth-order valence-electron chi connectivity index (χ4n) is 6.09. The number of nitrogens with zero attached hydrogens (tertiary/aromatic N) is 5. The molecule has 2 aliphatic heterocycles. The zero-order valence-corrected chi connectivity index (χ0v) is 25.2. The number of sulfonamides is 1. The van der Waals surface area contributed by atoms with E-state index in [0.717, 1.165) is 17.8 Å². The van der Waals surface area contributed by atoms with Gasteiger partial charge in [-0.15, -0.1) is 10.2 Å². The smallest absolute Gasteiger partial charge is 0.304 e. The van der Waals surface area contributed by atoms with Gasteiger partial charge in [0.1, 0.15) is 16.3 Å². The van der Waals surface area contributed by atoms with Crippen molar-refractivity contribution in [2.45, 2.75) is 62.5 Å². The predicted molar refractivity (Wildman–Crippen MR) is 153 cm³/mol. The highest BCUT2D eigenvalue weighted by atomic mass is 32.2. The second-order valence-electron chi connectivity index (χ2n) is 11.4. The van der Waals surface area contributed by atoms with E-state index in [9.17, 15) is 31.5 Å². The lowest BCUT2D eigenvalue weighted by atomic mass is 9.85. The van der Waals surface area contributed by atoms with Crippen molar-refractivity contribution in [1.29, 1.82) is 0 Å². The summed E-state index contributed by atoms with van der Waals surface area (Å²) in [6, 6.07) is 7.77. The standard InChI is InChI=1S/C30H30F3N5O6S/c1-17-3-4-19(23(13-25(39)40)22-5-8-38-27(18(22)2)35-36-28(38)26(32)33)11-20(17)15-37-16-30(6-9-43-10-7-30)44-29-24(45(37,41)42)12-21(31)14-34-29/h3-5,8,11-12,14,23,26H,6-7,9-10,13,15-16H2,1-2H3,(H,39,40). The third-order valence-corrected chi connectivity index (χ3v) is 10.3. The monoisotopic (exact) mass is 645 g/mol. The molecular weight excluding hydrogens is 615 g/mol. The lowest BCUT2D eigenvalue weighted by molar-refractivity contribution is -0.137. The van der Waals surface area contributed by atoms with Gasteiger partial charge in [0.05, 0.1) is 32.4 Å². The first-order chi connectivity index (χ1) is 21.4. The molecule has 238 valence electrons.